The van der Waals surface area contributed by atoms with Crippen LogP contribution in [0.4, 0.5) is 0 Å². The summed E-state index contributed by atoms with van der Waals surface area (Å²) in [5.74, 6) is -1.08. The topological polar surface area (TPSA) is 62.5 Å². The number of carboxylic acids is 1. The van der Waals surface area contributed by atoms with E-state index in [1.165, 1.54) is 0 Å². The van der Waals surface area contributed by atoms with Crippen molar-refractivity contribution in [2.45, 2.75) is 20.3 Å². The van der Waals surface area contributed by atoms with Crippen molar-refractivity contribution in [3.63, 3.8) is 0 Å². The van der Waals surface area contributed by atoms with Gasteiger partial charge in [-0.05, 0) is 31.0 Å². The molecule has 1 aromatic rings. The number of nitrogens with zero attached hydrogens (tertiary/aromatic N) is 2. The fourth-order valence-corrected chi connectivity index (χ4v) is 1.22. The summed E-state index contributed by atoms with van der Waals surface area (Å²) in [4.78, 5) is 18.8. The van der Waals surface area contributed by atoms with Gasteiger partial charge in [-0.1, -0.05) is 6.92 Å². The van der Waals surface area contributed by atoms with E-state index in [-0.39, 0.29) is 4.91 Å². The zero-order chi connectivity index (χ0) is 12.8. The van der Waals surface area contributed by atoms with Crippen molar-refractivity contribution in [2.24, 2.45) is 4.99 Å². The number of carbonyl (C=O) groups is 1. The van der Waals surface area contributed by atoms with Crippen LogP contribution in [0.15, 0.2) is 33.9 Å². The molecule has 0 fully saturated rings. The Hall–Kier alpha value is -1.62. The molecule has 0 saturated carbocycles. The van der Waals surface area contributed by atoms with E-state index in [0.29, 0.717) is 5.70 Å². The number of pyridine rings is 1. The highest BCUT2D eigenvalue weighted by Gasteiger charge is 2.04. The molecule has 0 aliphatic carbocycles. The number of carboxylic acid groups (broad SMARTS) is 1. The number of thiol groups is 1. The van der Waals surface area contributed by atoms with Crippen LogP contribution in [-0.2, 0) is 11.2 Å². The van der Waals surface area contributed by atoms with E-state index >= 15 is 0 Å². The van der Waals surface area contributed by atoms with Crippen molar-refractivity contribution >= 4 is 24.8 Å². The molecular formula is C12H14N2O2S. The Morgan fingerprint density at radius 2 is 2.35 bits per heavy atom. The molecule has 0 aromatic carbocycles. The predicted molar refractivity (Wildman–Crippen MR) is 70.5 cm³/mol. The average molecular weight is 250 g/mol. The Morgan fingerprint density at radius 1 is 1.65 bits per heavy atom. The maximum Gasteiger partial charge on any atom is 0.343 e. The molecule has 0 aliphatic heterocycles. The van der Waals surface area contributed by atoms with Gasteiger partial charge in [0.25, 0.3) is 0 Å². The highest BCUT2D eigenvalue weighted by atomic mass is 32.1. The van der Waals surface area contributed by atoms with Crippen LogP contribution < -0.4 is 0 Å². The fraction of sp³-hybridized carbons (Fsp3) is 0.250. The molecule has 4 nitrogen and oxygen atoms in total. The molecule has 0 saturated heterocycles. The monoisotopic (exact) mass is 250 g/mol. The van der Waals surface area contributed by atoms with Gasteiger partial charge >= 0.3 is 5.97 Å². The molecule has 0 spiro atoms. The van der Waals surface area contributed by atoms with E-state index in [9.17, 15) is 4.79 Å². The van der Waals surface area contributed by atoms with Crippen LogP contribution in [0.25, 0.3) is 0 Å². The van der Waals surface area contributed by atoms with E-state index in [1.807, 2.05) is 19.1 Å². The number of aryl methyl sites for hydroxylation is 1. The summed E-state index contributed by atoms with van der Waals surface area (Å²) in [5, 5.41) is 8.71. The summed E-state index contributed by atoms with van der Waals surface area (Å²) in [6.45, 7) is 3.62. The molecular weight excluding hydrogens is 236 g/mol. The van der Waals surface area contributed by atoms with Crippen LogP contribution >= 0.6 is 12.6 Å². The molecule has 1 heterocycles. The maximum atomic E-state index is 10.6. The van der Waals surface area contributed by atoms with Crippen LogP contribution in [0.3, 0.4) is 0 Å². The first-order valence-electron chi connectivity index (χ1n) is 5.16. The van der Waals surface area contributed by atoms with Crippen molar-refractivity contribution in [3.05, 3.63) is 40.2 Å². The summed E-state index contributed by atoms with van der Waals surface area (Å²) in [6.07, 6.45) is 4.16. The van der Waals surface area contributed by atoms with Crippen LogP contribution in [-0.4, -0.2) is 22.3 Å². The van der Waals surface area contributed by atoms with E-state index < -0.39 is 5.97 Å². The first kappa shape index (κ1) is 13.4. The minimum atomic E-state index is -1.08. The summed E-state index contributed by atoms with van der Waals surface area (Å²) in [7, 11) is 0. The van der Waals surface area contributed by atoms with Gasteiger partial charge in [-0.3, -0.25) is 9.98 Å². The van der Waals surface area contributed by atoms with Crippen molar-refractivity contribution in [1.82, 2.24) is 4.98 Å². The molecule has 0 unspecified atom stereocenters. The Bertz CT molecular complexity index is 481. The van der Waals surface area contributed by atoms with Gasteiger partial charge in [0, 0.05) is 18.1 Å². The number of aliphatic carboxylic acids is 1. The Morgan fingerprint density at radius 3 is 2.94 bits per heavy atom. The average Bonchev–Trinajstić information content (AvgIpc) is 2.35. The first-order valence-corrected chi connectivity index (χ1v) is 5.61. The molecule has 0 amide bonds. The zero-order valence-corrected chi connectivity index (χ0v) is 10.6. The lowest BCUT2D eigenvalue weighted by Gasteiger charge is -1.98. The fourth-order valence-electron chi connectivity index (χ4n) is 1.16. The van der Waals surface area contributed by atoms with Gasteiger partial charge in [-0.25, -0.2) is 4.79 Å². The van der Waals surface area contributed by atoms with E-state index in [1.54, 1.807) is 19.3 Å². The molecule has 0 radical (unpaired) electrons. The third-order valence-corrected chi connectivity index (χ3v) is 2.67. The summed E-state index contributed by atoms with van der Waals surface area (Å²) < 4.78 is 0. The Labute approximate surface area is 106 Å². The zero-order valence-electron chi connectivity index (χ0n) is 9.71. The van der Waals surface area contributed by atoms with E-state index in [4.69, 9.17) is 5.11 Å². The summed E-state index contributed by atoms with van der Waals surface area (Å²) >= 11 is 3.86. The largest absolute Gasteiger partial charge is 0.477 e. The van der Waals surface area contributed by atoms with Crippen molar-refractivity contribution in [1.29, 1.82) is 0 Å². The molecule has 0 atom stereocenters. The van der Waals surface area contributed by atoms with Crippen molar-refractivity contribution in [3.8, 4) is 0 Å². The molecule has 0 aliphatic rings. The Kier molecular flexibility index (Phi) is 4.90. The first-order chi connectivity index (χ1) is 8.04. The lowest BCUT2D eigenvalue weighted by Crippen LogP contribution is -1.96. The number of rotatable bonds is 4. The summed E-state index contributed by atoms with van der Waals surface area (Å²) in [6, 6.07) is 3.73. The number of allylic oxidation sites excluding steroid dienone is 1. The number of hydrogen-bond acceptors (Lipinski definition) is 4. The van der Waals surface area contributed by atoms with Crippen molar-refractivity contribution in [2.75, 3.05) is 0 Å². The second-order valence-electron chi connectivity index (χ2n) is 3.43. The standard InChI is InChI=1S/C12H14N2O2S/c1-3-10-6-9(4-5-13-10)7-14-8(2)11(17)12(15)16/h4-7,17H,3H2,1-2H3,(H,15,16)/b11-8-,14-7?. The second kappa shape index (κ2) is 6.20. The van der Waals surface area contributed by atoms with Crippen LogP contribution in [0.5, 0.6) is 0 Å². The van der Waals surface area contributed by atoms with Gasteiger partial charge in [-0.15, -0.1) is 12.6 Å². The quantitative estimate of drug-likeness (QED) is 0.489. The minimum absolute atomic E-state index is 0.0500. The Balaban J connectivity index is 2.90. The predicted octanol–water partition coefficient (Wildman–Crippen LogP) is 2.31. The number of aliphatic imine (C=N–C) groups is 1. The molecule has 17 heavy (non-hydrogen) atoms. The molecule has 5 heteroatoms. The van der Waals surface area contributed by atoms with Crippen LogP contribution in [0.1, 0.15) is 25.1 Å². The van der Waals surface area contributed by atoms with Crippen molar-refractivity contribution < 1.29 is 9.90 Å². The van der Waals surface area contributed by atoms with Crippen LogP contribution in [0, 0.1) is 0 Å². The SMILES string of the molecule is CCc1cc(C=N/C(C)=C(\S)C(=O)O)ccn1. The van der Waals surface area contributed by atoms with E-state index in [2.05, 4.69) is 22.6 Å². The van der Waals surface area contributed by atoms with Gasteiger partial charge < -0.3 is 5.11 Å². The van der Waals surface area contributed by atoms with E-state index in [0.717, 1.165) is 17.7 Å². The molecule has 1 rings (SSSR count). The van der Waals surface area contributed by atoms with Gasteiger partial charge in [0.05, 0.1) is 5.70 Å². The van der Waals surface area contributed by atoms with Gasteiger partial charge in [0.15, 0.2) is 0 Å². The third kappa shape index (κ3) is 4.03. The molecule has 1 aromatic heterocycles. The highest BCUT2D eigenvalue weighted by Crippen LogP contribution is 2.10. The van der Waals surface area contributed by atoms with Gasteiger partial charge in [0.1, 0.15) is 4.91 Å². The molecule has 0 bridgehead atoms. The summed E-state index contributed by atoms with van der Waals surface area (Å²) in [5.41, 5.74) is 2.23. The van der Waals surface area contributed by atoms with Crippen LogP contribution in [0.2, 0.25) is 0 Å². The van der Waals surface area contributed by atoms with Gasteiger partial charge in [0.2, 0.25) is 0 Å². The maximum absolute atomic E-state index is 10.6. The third-order valence-electron chi connectivity index (χ3n) is 2.16. The highest BCUT2D eigenvalue weighted by molar-refractivity contribution is 7.85. The lowest BCUT2D eigenvalue weighted by atomic mass is 10.2. The van der Waals surface area contributed by atoms with Gasteiger partial charge in [-0.2, -0.15) is 0 Å². The number of hydrogen-bond donors (Lipinski definition) is 2. The smallest absolute Gasteiger partial charge is 0.343 e. The normalized spacial score (nSPS) is 12.6. The minimum Gasteiger partial charge on any atom is -0.477 e. The molecule has 1 N–H and O–H groups in total. The number of aromatic nitrogens is 1. The second-order valence-corrected chi connectivity index (χ2v) is 3.88. The lowest BCUT2D eigenvalue weighted by molar-refractivity contribution is -0.131. The molecule has 90 valence electrons.